The maximum atomic E-state index is 12.0. The summed E-state index contributed by atoms with van der Waals surface area (Å²) in [6, 6.07) is 7.95. The molecule has 0 saturated carbocycles. The molecule has 106 valence electrons. The number of anilines is 1. The van der Waals surface area contributed by atoms with Crippen LogP contribution in [-0.2, 0) is 4.79 Å². The van der Waals surface area contributed by atoms with Crippen LogP contribution in [0.1, 0.15) is 19.3 Å². The summed E-state index contributed by atoms with van der Waals surface area (Å²) in [5, 5.41) is 6.35. The summed E-state index contributed by atoms with van der Waals surface area (Å²) in [6.07, 6.45) is 4.89. The summed E-state index contributed by atoms with van der Waals surface area (Å²) in [4.78, 5) is 13.1. The van der Waals surface area contributed by atoms with E-state index in [2.05, 4.69) is 10.6 Å². The van der Waals surface area contributed by atoms with Gasteiger partial charge in [-0.3, -0.25) is 4.79 Å². The first-order chi connectivity index (χ1) is 8.79. The number of hydrogen-bond acceptors (Lipinski definition) is 3. The first-order valence-corrected chi connectivity index (χ1v) is 7.65. The van der Waals surface area contributed by atoms with Gasteiger partial charge in [-0.05, 0) is 50.2 Å². The first-order valence-electron chi connectivity index (χ1n) is 6.43. The van der Waals surface area contributed by atoms with Gasteiger partial charge in [0.05, 0.1) is 5.69 Å². The van der Waals surface area contributed by atoms with E-state index in [1.54, 1.807) is 11.8 Å². The number of thioether (sulfide) groups is 1. The number of benzene rings is 1. The molecule has 0 aromatic heterocycles. The fourth-order valence-electron chi connectivity index (χ4n) is 2.30. The minimum absolute atomic E-state index is 0. The van der Waals surface area contributed by atoms with Crippen molar-refractivity contribution < 1.29 is 4.79 Å². The summed E-state index contributed by atoms with van der Waals surface area (Å²) in [6.45, 7) is 2.08. The third-order valence-electron chi connectivity index (χ3n) is 3.31. The highest BCUT2D eigenvalue weighted by Crippen LogP contribution is 2.25. The Hall–Kier alpha value is -0.710. The number of para-hydroxylation sites is 1. The molecule has 1 saturated heterocycles. The molecule has 3 nitrogen and oxygen atoms in total. The van der Waals surface area contributed by atoms with Gasteiger partial charge < -0.3 is 10.6 Å². The minimum Gasteiger partial charge on any atom is -0.325 e. The van der Waals surface area contributed by atoms with Crippen LogP contribution in [0, 0.1) is 5.92 Å². The average molecular weight is 301 g/mol. The number of hydrogen-bond donors (Lipinski definition) is 2. The predicted octanol–water partition coefficient (Wildman–Crippen LogP) is 3.16. The monoisotopic (exact) mass is 300 g/mol. The second kappa shape index (κ2) is 8.46. The van der Waals surface area contributed by atoms with E-state index >= 15 is 0 Å². The Morgan fingerprint density at radius 2 is 2.05 bits per heavy atom. The fraction of sp³-hybridized carbons (Fsp3) is 0.500. The van der Waals surface area contributed by atoms with Crippen molar-refractivity contribution in [3.05, 3.63) is 24.3 Å². The third-order valence-corrected chi connectivity index (χ3v) is 4.11. The van der Waals surface area contributed by atoms with Crippen LogP contribution in [0.3, 0.4) is 0 Å². The zero-order valence-electron chi connectivity index (χ0n) is 11.1. The van der Waals surface area contributed by atoms with Crippen molar-refractivity contribution in [1.29, 1.82) is 0 Å². The fourth-order valence-corrected chi connectivity index (χ4v) is 2.85. The summed E-state index contributed by atoms with van der Waals surface area (Å²) in [7, 11) is 0. The molecule has 1 amide bonds. The van der Waals surface area contributed by atoms with Gasteiger partial charge in [0.2, 0.25) is 5.91 Å². The summed E-state index contributed by atoms with van der Waals surface area (Å²) < 4.78 is 0. The van der Waals surface area contributed by atoms with Crippen LogP contribution in [-0.4, -0.2) is 25.3 Å². The molecule has 1 fully saturated rings. The maximum absolute atomic E-state index is 12.0. The Morgan fingerprint density at radius 1 is 1.37 bits per heavy atom. The molecule has 1 aromatic rings. The standard InChI is InChI=1S/C14H20N2OS.ClH/c1-18-13-5-3-2-4-12(13)16-14(17)10-11-6-8-15-9-7-11;/h2-5,11,15H,6-10H2,1H3,(H,16,17);1H. The van der Waals surface area contributed by atoms with Gasteiger partial charge in [0.15, 0.2) is 0 Å². The van der Waals surface area contributed by atoms with Gasteiger partial charge in [-0.2, -0.15) is 0 Å². The summed E-state index contributed by atoms with van der Waals surface area (Å²) in [5.74, 6) is 0.677. The number of amides is 1. The summed E-state index contributed by atoms with van der Waals surface area (Å²) >= 11 is 1.66. The quantitative estimate of drug-likeness (QED) is 0.839. The van der Waals surface area contributed by atoms with E-state index in [-0.39, 0.29) is 18.3 Å². The number of nitrogens with one attached hydrogen (secondary N) is 2. The highest BCUT2D eigenvalue weighted by Gasteiger charge is 2.17. The molecule has 5 heteroatoms. The molecule has 0 aliphatic carbocycles. The minimum atomic E-state index is 0. The van der Waals surface area contributed by atoms with Crippen molar-refractivity contribution in [3.8, 4) is 0 Å². The molecular formula is C14H21ClN2OS. The molecule has 0 spiro atoms. The molecular weight excluding hydrogens is 280 g/mol. The van der Waals surface area contributed by atoms with Crippen LogP contribution in [0.25, 0.3) is 0 Å². The largest absolute Gasteiger partial charge is 0.325 e. The number of halogens is 1. The van der Waals surface area contributed by atoms with Crippen LogP contribution in [0.4, 0.5) is 5.69 Å². The van der Waals surface area contributed by atoms with E-state index in [1.807, 2.05) is 30.5 Å². The lowest BCUT2D eigenvalue weighted by molar-refractivity contribution is -0.117. The van der Waals surface area contributed by atoms with E-state index in [0.29, 0.717) is 12.3 Å². The normalized spacial score (nSPS) is 15.6. The van der Waals surface area contributed by atoms with Gasteiger partial charge in [-0.15, -0.1) is 24.2 Å². The molecule has 0 atom stereocenters. The molecule has 1 aromatic carbocycles. The van der Waals surface area contributed by atoms with Crippen LogP contribution >= 0.6 is 24.2 Å². The smallest absolute Gasteiger partial charge is 0.224 e. The molecule has 0 unspecified atom stereocenters. The highest BCUT2D eigenvalue weighted by molar-refractivity contribution is 7.98. The molecule has 0 radical (unpaired) electrons. The van der Waals surface area contributed by atoms with E-state index in [0.717, 1.165) is 36.5 Å². The van der Waals surface area contributed by atoms with E-state index in [9.17, 15) is 4.79 Å². The third kappa shape index (κ3) is 5.05. The number of piperidine rings is 1. The molecule has 1 heterocycles. The lowest BCUT2D eigenvalue weighted by Gasteiger charge is -2.22. The van der Waals surface area contributed by atoms with Crippen LogP contribution < -0.4 is 10.6 Å². The summed E-state index contributed by atoms with van der Waals surface area (Å²) in [5.41, 5.74) is 0.934. The van der Waals surface area contributed by atoms with Crippen molar-refractivity contribution in [2.75, 3.05) is 24.7 Å². The van der Waals surface area contributed by atoms with Crippen LogP contribution in [0.15, 0.2) is 29.2 Å². The molecule has 1 aliphatic rings. The topological polar surface area (TPSA) is 41.1 Å². The lowest BCUT2D eigenvalue weighted by Crippen LogP contribution is -2.30. The second-order valence-electron chi connectivity index (χ2n) is 4.65. The lowest BCUT2D eigenvalue weighted by atomic mass is 9.94. The van der Waals surface area contributed by atoms with E-state index < -0.39 is 0 Å². The Morgan fingerprint density at radius 3 is 2.74 bits per heavy atom. The zero-order valence-corrected chi connectivity index (χ0v) is 12.8. The van der Waals surface area contributed by atoms with Crippen LogP contribution in [0.2, 0.25) is 0 Å². The van der Waals surface area contributed by atoms with Gasteiger partial charge in [-0.1, -0.05) is 12.1 Å². The Bertz CT molecular complexity index is 408. The zero-order chi connectivity index (χ0) is 12.8. The van der Waals surface area contributed by atoms with Gasteiger partial charge in [-0.25, -0.2) is 0 Å². The van der Waals surface area contributed by atoms with Crippen LogP contribution in [0.5, 0.6) is 0 Å². The molecule has 1 aliphatic heterocycles. The predicted molar refractivity (Wildman–Crippen MR) is 84.3 cm³/mol. The molecule has 2 N–H and O–H groups in total. The number of carbonyl (C=O) groups excluding carboxylic acids is 1. The first kappa shape index (κ1) is 16.3. The highest BCUT2D eigenvalue weighted by atomic mass is 35.5. The van der Waals surface area contributed by atoms with E-state index in [1.165, 1.54) is 0 Å². The Balaban J connectivity index is 0.00000180. The Kier molecular flexibility index (Phi) is 7.28. The van der Waals surface area contributed by atoms with Gasteiger partial charge >= 0.3 is 0 Å². The number of rotatable bonds is 4. The molecule has 19 heavy (non-hydrogen) atoms. The molecule has 0 bridgehead atoms. The SMILES string of the molecule is CSc1ccccc1NC(=O)CC1CCNCC1.Cl. The molecule has 2 rings (SSSR count). The maximum Gasteiger partial charge on any atom is 0.224 e. The number of carbonyl (C=O) groups is 1. The van der Waals surface area contributed by atoms with Crippen molar-refractivity contribution in [2.45, 2.75) is 24.2 Å². The van der Waals surface area contributed by atoms with Gasteiger partial charge in [0.1, 0.15) is 0 Å². The van der Waals surface area contributed by atoms with Crippen molar-refractivity contribution in [2.24, 2.45) is 5.92 Å². The van der Waals surface area contributed by atoms with Crippen molar-refractivity contribution >= 4 is 35.8 Å². The van der Waals surface area contributed by atoms with Crippen molar-refractivity contribution in [1.82, 2.24) is 5.32 Å². The van der Waals surface area contributed by atoms with E-state index in [4.69, 9.17) is 0 Å². The average Bonchev–Trinajstić information content (AvgIpc) is 2.40. The Labute approximate surface area is 125 Å². The second-order valence-corrected chi connectivity index (χ2v) is 5.49. The van der Waals surface area contributed by atoms with Crippen molar-refractivity contribution in [3.63, 3.8) is 0 Å². The van der Waals surface area contributed by atoms with Gasteiger partial charge in [0, 0.05) is 11.3 Å². The van der Waals surface area contributed by atoms with Gasteiger partial charge in [0.25, 0.3) is 0 Å².